The molecule has 0 aliphatic carbocycles. The summed E-state index contributed by atoms with van der Waals surface area (Å²) < 4.78 is 24.6. The van der Waals surface area contributed by atoms with Gasteiger partial charge in [0, 0.05) is 18.2 Å². The second kappa shape index (κ2) is 10.2. The van der Waals surface area contributed by atoms with Crippen molar-refractivity contribution in [3.63, 3.8) is 0 Å². The Morgan fingerprint density at radius 2 is 1.84 bits per heavy atom. The van der Waals surface area contributed by atoms with Crippen molar-refractivity contribution >= 4 is 23.0 Å². The average Bonchev–Trinajstić information content (AvgIpc) is 3.20. The summed E-state index contributed by atoms with van der Waals surface area (Å²) in [5.41, 5.74) is 3.80. The highest BCUT2D eigenvalue weighted by molar-refractivity contribution is 5.84. The number of nitrogens with zero attached hydrogens (tertiary/aromatic N) is 1. The molecule has 0 aromatic heterocycles. The molecule has 0 spiro atoms. The van der Waals surface area contributed by atoms with E-state index >= 15 is 0 Å². The molecule has 0 saturated carbocycles. The number of rotatable bonds is 9. The number of benzene rings is 3. The number of fused-ring (bicyclic) bond motifs is 1. The van der Waals surface area contributed by atoms with Crippen molar-refractivity contribution in [1.82, 2.24) is 0 Å². The van der Waals surface area contributed by atoms with Gasteiger partial charge < -0.3 is 19.7 Å². The third kappa shape index (κ3) is 5.02. The first kappa shape index (κ1) is 21.7. The molecule has 1 heterocycles. The highest BCUT2D eigenvalue weighted by atomic mass is 19.1. The molecule has 3 aromatic rings. The van der Waals surface area contributed by atoms with Gasteiger partial charge in [-0.3, -0.25) is 4.79 Å². The summed E-state index contributed by atoms with van der Waals surface area (Å²) in [7, 11) is 1.41. The first-order valence-corrected chi connectivity index (χ1v) is 10.9. The summed E-state index contributed by atoms with van der Waals surface area (Å²) in [4.78, 5) is 13.3. The number of halogens is 1. The van der Waals surface area contributed by atoms with Crippen LogP contribution in [0.2, 0.25) is 0 Å². The molecule has 0 saturated heterocycles. The number of unbranched alkanes of at least 4 members (excludes halogenated alkanes) is 2. The Bertz CT molecular complexity index is 1060. The Balaban J connectivity index is 1.49. The van der Waals surface area contributed by atoms with Crippen LogP contribution in [0.3, 0.4) is 0 Å². The van der Waals surface area contributed by atoms with Crippen LogP contribution in [0.1, 0.15) is 37.4 Å². The Morgan fingerprint density at radius 3 is 2.62 bits per heavy atom. The SMILES string of the molecule is COC(=O)CCCCCOc1ccc2c(c1)N(c1ccccc1)C(c1cccc(F)c1)N2. The van der Waals surface area contributed by atoms with Crippen LogP contribution in [0.5, 0.6) is 5.75 Å². The largest absolute Gasteiger partial charge is 0.494 e. The van der Waals surface area contributed by atoms with E-state index in [0.717, 1.165) is 47.6 Å². The first-order chi connectivity index (χ1) is 15.7. The van der Waals surface area contributed by atoms with E-state index < -0.39 is 0 Å². The molecule has 166 valence electrons. The monoisotopic (exact) mass is 434 g/mol. The Hall–Kier alpha value is -3.54. The maximum atomic E-state index is 13.9. The van der Waals surface area contributed by atoms with E-state index in [0.29, 0.717) is 13.0 Å². The first-order valence-electron chi connectivity index (χ1n) is 10.9. The van der Waals surface area contributed by atoms with Gasteiger partial charge >= 0.3 is 5.97 Å². The maximum Gasteiger partial charge on any atom is 0.305 e. The van der Waals surface area contributed by atoms with Crippen molar-refractivity contribution in [1.29, 1.82) is 0 Å². The normalized spacial score (nSPS) is 14.6. The van der Waals surface area contributed by atoms with E-state index in [2.05, 4.69) is 15.0 Å². The molecule has 1 aliphatic heterocycles. The smallest absolute Gasteiger partial charge is 0.305 e. The van der Waals surface area contributed by atoms with E-state index in [1.807, 2.05) is 54.6 Å². The summed E-state index contributed by atoms with van der Waals surface area (Å²) in [6.07, 6.45) is 2.77. The third-order valence-corrected chi connectivity index (χ3v) is 5.50. The van der Waals surface area contributed by atoms with Crippen molar-refractivity contribution in [2.24, 2.45) is 0 Å². The van der Waals surface area contributed by atoms with Gasteiger partial charge in [-0.15, -0.1) is 0 Å². The van der Waals surface area contributed by atoms with Crippen molar-refractivity contribution in [2.45, 2.75) is 31.8 Å². The second-order valence-electron chi connectivity index (χ2n) is 7.72. The minimum absolute atomic E-state index is 0.175. The summed E-state index contributed by atoms with van der Waals surface area (Å²) in [6.45, 7) is 0.575. The molecule has 1 atom stereocenters. The van der Waals surface area contributed by atoms with Crippen LogP contribution in [0.15, 0.2) is 72.8 Å². The molecule has 1 N–H and O–H groups in total. The van der Waals surface area contributed by atoms with Crippen LogP contribution in [0, 0.1) is 5.82 Å². The number of esters is 1. The highest BCUT2D eigenvalue weighted by Gasteiger charge is 2.31. The molecule has 0 fully saturated rings. The highest BCUT2D eigenvalue weighted by Crippen LogP contribution is 2.47. The van der Waals surface area contributed by atoms with Gasteiger partial charge in [0.1, 0.15) is 17.7 Å². The van der Waals surface area contributed by atoms with Gasteiger partial charge in [0.25, 0.3) is 0 Å². The number of hydrogen-bond acceptors (Lipinski definition) is 5. The van der Waals surface area contributed by atoms with Crippen LogP contribution in [-0.4, -0.2) is 19.7 Å². The molecule has 1 aliphatic rings. The lowest BCUT2D eigenvalue weighted by atomic mass is 10.1. The molecular weight excluding hydrogens is 407 g/mol. The zero-order valence-electron chi connectivity index (χ0n) is 18.1. The molecule has 32 heavy (non-hydrogen) atoms. The van der Waals surface area contributed by atoms with Gasteiger partial charge in [0.15, 0.2) is 0 Å². The standard InChI is InChI=1S/C26H27FN2O3/c1-31-25(30)13-6-3-7-16-32-22-14-15-23-24(18-22)29(21-11-4-2-5-12-21)26(28-23)19-9-8-10-20(27)17-19/h2,4-5,8-12,14-15,17-18,26,28H,3,6-7,13,16H2,1H3. The quantitative estimate of drug-likeness (QED) is 0.321. The summed E-state index contributed by atoms with van der Waals surface area (Å²) in [6, 6.07) is 22.7. The summed E-state index contributed by atoms with van der Waals surface area (Å²) in [5.74, 6) is 0.342. The third-order valence-electron chi connectivity index (χ3n) is 5.50. The van der Waals surface area contributed by atoms with Gasteiger partial charge in [0.2, 0.25) is 0 Å². The van der Waals surface area contributed by atoms with E-state index in [4.69, 9.17) is 4.74 Å². The fourth-order valence-corrected chi connectivity index (χ4v) is 3.90. The van der Waals surface area contributed by atoms with E-state index in [-0.39, 0.29) is 18.0 Å². The van der Waals surface area contributed by atoms with Crippen LogP contribution in [-0.2, 0) is 9.53 Å². The van der Waals surface area contributed by atoms with Crippen LogP contribution in [0.25, 0.3) is 0 Å². The predicted molar refractivity (Wildman–Crippen MR) is 124 cm³/mol. The molecule has 0 radical (unpaired) electrons. The fraction of sp³-hybridized carbons (Fsp3) is 0.269. The molecule has 6 heteroatoms. The Morgan fingerprint density at radius 1 is 1.00 bits per heavy atom. The number of hydrogen-bond donors (Lipinski definition) is 1. The van der Waals surface area contributed by atoms with E-state index in [9.17, 15) is 9.18 Å². The van der Waals surface area contributed by atoms with Gasteiger partial charge in [-0.25, -0.2) is 4.39 Å². The molecule has 0 bridgehead atoms. The zero-order valence-corrected chi connectivity index (χ0v) is 18.1. The molecule has 4 rings (SSSR count). The van der Waals surface area contributed by atoms with Crippen molar-refractivity contribution < 1.29 is 18.7 Å². The molecule has 3 aromatic carbocycles. The van der Waals surface area contributed by atoms with Crippen LogP contribution < -0.4 is 15.0 Å². The molecule has 1 unspecified atom stereocenters. The van der Waals surface area contributed by atoms with E-state index in [1.54, 1.807) is 12.1 Å². The topological polar surface area (TPSA) is 50.8 Å². The fourth-order valence-electron chi connectivity index (χ4n) is 3.90. The Kier molecular flexibility index (Phi) is 6.90. The lowest BCUT2D eigenvalue weighted by Crippen LogP contribution is -2.23. The number of para-hydroxylation sites is 1. The number of carbonyl (C=O) groups excluding carboxylic acids is 1. The van der Waals surface area contributed by atoms with E-state index in [1.165, 1.54) is 13.2 Å². The minimum Gasteiger partial charge on any atom is -0.494 e. The van der Waals surface area contributed by atoms with Gasteiger partial charge in [-0.1, -0.05) is 30.3 Å². The second-order valence-corrected chi connectivity index (χ2v) is 7.72. The van der Waals surface area contributed by atoms with Crippen molar-refractivity contribution in [3.8, 4) is 5.75 Å². The van der Waals surface area contributed by atoms with Gasteiger partial charge in [-0.2, -0.15) is 0 Å². The predicted octanol–water partition coefficient (Wildman–Crippen LogP) is 6.20. The summed E-state index contributed by atoms with van der Waals surface area (Å²) in [5, 5.41) is 3.51. The molecular formula is C26H27FN2O3. The number of methoxy groups -OCH3 is 1. The van der Waals surface area contributed by atoms with Gasteiger partial charge in [-0.05, 0) is 61.2 Å². The number of ether oxygens (including phenoxy) is 2. The molecule has 0 amide bonds. The van der Waals surface area contributed by atoms with Crippen LogP contribution >= 0.6 is 0 Å². The molecule has 5 nitrogen and oxygen atoms in total. The van der Waals surface area contributed by atoms with Crippen molar-refractivity contribution in [2.75, 3.05) is 23.9 Å². The maximum absolute atomic E-state index is 13.9. The van der Waals surface area contributed by atoms with Gasteiger partial charge in [0.05, 0.1) is 25.1 Å². The average molecular weight is 435 g/mol. The minimum atomic E-state index is -0.260. The lowest BCUT2D eigenvalue weighted by molar-refractivity contribution is -0.140. The summed E-state index contributed by atoms with van der Waals surface area (Å²) >= 11 is 0. The van der Waals surface area contributed by atoms with Crippen molar-refractivity contribution in [3.05, 3.63) is 84.2 Å². The number of nitrogens with one attached hydrogen (secondary N) is 1. The number of anilines is 3. The zero-order chi connectivity index (χ0) is 22.3. The van der Waals surface area contributed by atoms with Crippen LogP contribution in [0.4, 0.5) is 21.5 Å². The lowest BCUT2D eigenvalue weighted by Gasteiger charge is -2.27. The Labute approximate surface area is 187 Å². The number of carbonyl (C=O) groups is 1.